The number of amides is 6. The molecule has 12 nitrogen and oxygen atoms in total. The molecule has 0 radical (unpaired) electrons. The Morgan fingerprint density at radius 3 is 1.91 bits per heavy atom. The first kappa shape index (κ1) is 37.6. The van der Waals surface area contributed by atoms with Gasteiger partial charge < -0.3 is 31.9 Å². The van der Waals surface area contributed by atoms with Crippen molar-refractivity contribution in [3.63, 3.8) is 0 Å². The van der Waals surface area contributed by atoms with Crippen LogP contribution >= 0.6 is 0 Å². The molecule has 1 heterocycles. The van der Waals surface area contributed by atoms with Gasteiger partial charge >= 0.3 is 6.03 Å². The smallest absolute Gasteiger partial charge is 0.316 e. The van der Waals surface area contributed by atoms with Crippen LogP contribution in [0.2, 0.25) is 0 Å². The first-order valence-electron chi connectivity index (χ1n) is 15.3. The van der Waals surface area contributed by atoms with E-state index in [0.717, 1.165) is 0 Å². The molecule has 244 valence electrons. The molecule has 0 bridgehead atoms. The molecule has 1 fully saturated rings. The molecule has 1 rings (SSSR count). The van der Waals surface area contributed by atoms with Gasteiger partial charge in [-0.05, 0) is 29.1 Å². The zero-order valence-electron chi connectivity index (χ0n) is 27.5. The van der Waals surface area contributed by atoms with E-state index in [0.29, 0.717) is 25.8 Å². The Morgan fingerprint density at radius 2 is 1.47 bits per heavy atom. The topological polar surface area (TPSA) is 180 Å². The second kappa shape index (κ2) is 15.9. The first-order valence-corrected chi connectivity index (χ1v) is 15.3. The summed E-state index contributed by atoms with van der Waals surface area (Å²) in [7, 11) is 0. The van der Waals surface area contributed by atoms with Gasteiger partial charge in [0.25, 0.3) is 5.91 Å². The minimum absolute atomic E-state index is 0.00972. The van der Waals surface area contributed by atoms with Crippen molar-refractivity contribution in [2.75, 3.05) is 13.1 Å². The summed E-state index contributed by atoms with van der Waals surface area (Å²) in [4.78, 5) is 80.1. The number of Topliss-reactive ketones (excluding diaryl/α,β-unsaturated/α-hetero) is 1. The standard InChI is InChI=1S/C31H54N6O6/c1-11-15-20(22(38)27(41)33-16-12-2)34-26(40)21-19(14-4)18(13-3)17-37(21)28(42)24(31(8,9)10)36-29(43)35-23(25(32)39)30(5,6)7/h12,18-21,23-24H,2,11,13-17H2,1,3-10H3,(H2,32,39)(H,33,41)(H,34,40)(H2,35,36,43)/t18-,19-,20?,21-,23+,24+/m0/s1. The Balaban J connectivity index is 3.39. The van der Waals surface area contributed by atoms with Crippen LogP contribution in [-0.4, -0.2) is 77.6 Å². The largest absolute Gasteiger partial charge is 0.368 e. The molecule has 6 amide bonds. The van der Waals surface area contributed by atoms with Crippen LogP contribution in [0, 0.1) is 22.7 Å². The molecule has 0 aromatic rings. The molecular formula is C31H54N6O6. The molecule has 0 aliphatic carbocycles. The number of hydrogen-bond acceptors (Lipinski definition) is 6. The summed E-state index contributed by atoms with van der Waals surface area (Å²) in [5, 5.41) is 10.6. The lowest BCUT2D eigenvalue weighted by Gasteiger charge is -2.37. The van der Waals surface area contributed by atoms with Gasteiger partial charge in [0.05, 0.1) is 6.04 Å². The molecule has 43 heavy (non-hydrogen) atoms. The number of primary amides is 1. The van der Waals surface area contributed by atoms with E-state index < -0.39 is 70.4 Å². The van der Waals surface area contributed by atoms with E-state index in [1.165, 1.54) is 11.0 Å². The number of rotatable bonds is 14. The fraction of sp³-hybridized carbons (Fsp3) is 0.742. The number of likely N-dealkylation sites (tertiary alicyclic amines) is 1. The van der Waals surface area contributed by atoms with Crippen molar-refractivity contribution in [3.05, 3.63) is 12.7 Å². The molecule has 0 spiro atoms. The van der Waals surface area contributed by atoms with Gasteiger partial charge in [0, 0.05) is 13.1 Å². The van der Waals surface area contributed by atoms with E-state index in [2.05, 4.69) is 27.8 Å². The summed E-state index contributed by atoms with van der Waals surface area (Å²) in [6.07, 6.45) is 3.57. The van der Waals surface area contributed by atoms with Crippen molar-refractivity contribution in [1.82, 2.24) is 26.2 Å². The quantitative estimate of drug-likeness (QED) is 0.149. The third-order valence-electron chi connectivity index (χ3n) is 7.98. The number of carbonyl (C=O) groups excluding carboxylic acids is 6. The highest BCUT2D eigenvalue weighted by Crippen LogP contribution is 2.36. The molecule has 0 aromatic heterocycles. The summed E-state index contributed by atoms with van der Waals surface area (Å²) in [5.41, 5.74) is 4.10. The van der Waals surface area contributed by atoms with Crippen molar-refractivity contribution >= 4 is 35.4 Å². The Hall–Kier alpha value is -3.44. The second-order valence-corrected chi connectivity index (χ2v) is 13.5. The lowest BCUT2D eigenvalue weighted by molar-refractivity contribution is -0.144. The molecule has 1 aliphatic rings. The average molecular weight is 607 g/mol. The zero-order valence-corrected chi connectivity index (χ0v) is 27.5. The Morgan fingerprint density at radius 1 is 0.907 bits per heavy atom. The zero-order chi connectivity index (χ0) is 33.3. The Kier molecular flexibility index (Phi) is 13.9. The Bertz CT molecular complexity index is 1050. The van der Waals surface area contributed by atoms with Gasteiger partial charge in [-0.1, -0.05) is 87.7 Å². The van der Waals surface area contributed by atoms with Crippen molar-refractivity contribution < 1.29 is 28.8 Å². The fourth-order valence-corrected chi connectivity index (χ4v) is 5.60. The third kappa shape index (κ3) is 10.1. The van der Waals surface area contributed by atoms with Crippen LogP contribution < -0.4 is 27.0 Å². The molecule has 1 unspecified atom stereocenters. The summed E-state index contributed by atoms with van der Waals surface area (Å²) >= 11 is 0. The van der Waals surface area contributed by atoms with Crippen LogP contribution in [0.25, 0.3) is 0 Å². The molecular weight excluding hydrogens is 552 g/mol. The van der Waals surface area contributed by atoms with Gasteiger partial charge in [-0.15, -0.1) is 6.58 Å². The van der Waals surface area contributed by atoms with Gasteiger partial charge in [-0.25, -0.2) is 4.79 Å². The lowest BCUT2D eigenvalue weighted by Crippen LogP contribution is -2.62. The van der Waals surface area contributed by atoms with Crippen LogP contribution in [0.5, 0.6) is 0 Å². The van der Waals surface area contributed by atoms with Gasteiger partial charge in [0.15, 0.2) is 0 Å². The van der Waals surface area contributed by atoms with Crippen molar-refractivity contribution in [2.45, 2.75) is 112 Å². The van der Waals surface area contributed by atoms with E-state index >= 15 is 0 Å². The molecule has 6 N–H and O–H groups in total. The number of ketones is 1. The summed E-state index contributed by atoms with van der Waals surface area (Å²) in [5.74, 6) is -3.44. The first-order chi connectivity index (χ1) is 19.8. The van der Waals surface area contributed by atoms with E-state index in [1.54, 1.807) is 41.5 Å². The monoisotopic (exact) mass is 606 g/mol. The third-order valence-corrected chi connectivity index (χ3v) is 7.98. The highest BCUT2D eigenvalue weighted by Gasteiger charge is 2.50. The molecule has 1 aliphatic heterocycles. The van der Waals surface area contributed by atoms with Crippen molar-refractivity contribution in [3.8, 4) is 0 Å². The summed E-state index contributed by atoms with van der Waals surface area (Å²) in [6.45, 7) is 20.4. The summed E-state index contributed by atoms with van der Waals surface area (Å²) in [6, 6.07) is -4.73. The number of carbonyl (C=O) groups is 6. The van der Waals surface area contributed by atoms with Crippen LogP contribution in [-0.2, 0) is 24.0 Å². The normalized spacial score (nSPS) is 20.8. The Labute approximate surface area is 256 Å². The van der Waals surface area contributed by atoms with Crippen LogP contribution in [0.1, 0.15) is 88.0 Å². The number of nitrogens with one attached hydrogen (secondary N) is 4. The van der Waals surface area contributed by atoms with Gasteiger partial charge in [0.1, 0.15) is 18.1 Å². The fourth-order valence-electron chi connectivity index (χ4n) is 5.60. The number of urea groups is 1. The van der Waals surface area contributed by atoms with Crippen molar-refractivity contribution in [2.24, 2.45) is 28.4 Å². The molecule has 12 heteroatoms. The maximum Gasteiger partial charge on any atom is 0.316 e. The minimum atomic E-state index is -1.05. The molecule has 1 saturated heterocycles. The van der Waals surface area contributed by atoms with Gasteiger partial charge in [-0.2, -0.15) is 0 Å². The summed E-state index contributed by atoms with van der Waals surface area (Å²) < 4.78 is 0. The average Bonchev–Trinajstić information content (AvgIpc) is 3.29. The number of nitrogens with two attached hydrogens (primary N) is 1. The highest BCUT2D eigenvalue weighted by atomic mass is 16.2. The van der Waals surface area contributed by atoms with E-state index in [9.17, 15) is 28.8 Å². The molecule has 0 aromatic carbocycles. The maximum absolute atomic E-state index is 14.2. The predicted octanol–water partition coefficient (Wildman–Crippen LogP) is 2.02. The second-order valence-electron chi connectivity index (χ2n) is 13.5. The predicted molar refractivity (Wildman–Crippen MR) is 165 cm³/mol. The molecule has 6 atom stereocenters. The van der Waals surface area contributed by atoms with Crippen LogP contribution in [0.15, 0.2) is 12.7 Å². The highest BCUT2D eigenvalue weighted by molar-refractivity contribution is 6.38. The van der Waals surface area contributed by atoms with E-state index in [4.69, 9.17) is 5.73 Å². The number of nitrogens with zero attached hydrogens (tertiary/aromatic N) is 1. The lowest BCUT2D eigenvalue weighted by atomic mass is 9.84. The van der Waals surface area contributed by atoms with Crippen LogP contribution in [0.3, 0.4) is 0 Å². The number of hydrogen-bond donors (Lipinski definition) is 5. The van der Waals surface area contributed by atoms with Crippen LogP contribution in [0.4, 0.5) is 4.79 Å². The van der Waals surface area contributed by atoms with Gasteiger partial charge in [0.2, 0.25) is 23.5 Å². The maximum atomic E-state index is 14.2. The van der Waals surface area contributed by atoms with Gasteiger partial charge in [-0.3, -0.25) is 24.0 Å². The molecule has 0 saturated carbocycles. The van der Waals surface area contributed by atoms with Crippen molar-refractivity contribution in [1.29, 1.82) is 0 Å². The van der Waals surface area contributed by atoms with E-state index in [1.807, 2.05) is 20.8 Å². The van der Waals surface area contributed by atoms with E-state index in [-0.39, 0.29) is 24.8 Å². The minimum Gasteiger partial charge on any atom is -0.368 e. The SMILES string of the molecule is C=CCNC(=O)C(=O)C(CCC)NC(=O)[C@@H]1[C@@H](CC)[C@@H](CC)CN1C(=O)[C@@H](NC(=O)N[C@H](C(N)=O)C(C)(C)C)C(C)(C)C.